The summed E-state index contributed by atoms with van der Waals surface area (Å²) < 4.78 is 11.0. The van der Waals surface area contributed by atoms with Crippen LogP contribution in [0.15, 0.2) is 30.3 Å². The number of methoxy groups -OCH3 is 1. The summed E-state index contributed by atoms with van der Waals surface area (Å²) >= 11 is 0. The number of hydrogen-bond acceptors (Lipinski definition) is 6. The van der Waals surface area contributed by atoms with Crippen molar-refractivity contribution in [2.75, 3.05) is 20.3 Å². The van der Waals surface area contributed by atoms with E-state index in [1.807, 2.05) is 33.8 Å². The lowest BCUT2D eigenvalue weighted by Crippen LogP contribution is -2.31. The Morgan fingerprint density at radius 3 is 2.59 bits per heavy atom. The summed E-state index contributed by atoms with van der Waals surface area (Å²) in [6.45, 7) is 8.79. The van der Waals surface area contributed by atoms with E-state index in [9.17, 15) is 15.0 Å². The number of aromatic nitrogens is 2. The quantitative estimate of drug-likeness (QED) is 0.424. The monoisotopic (exact) mass is 465 g/mol. The molecule has 180 valence electrons. The van der Waals surface area contributed by atoms with Gasteiger partial charge in [0.15, 0.2) is 11.5 Å². The normalized spacial score (nSPS) is 15.3. The molecule has 34 heavy (non-hydrogen) atoms. The van der Waals surface area contributed by atoms with Gasteiger partial charge in [-0.15, -0.1) is 0 Å². The van der Waals surface area contributed by atoms with E-state index in [-0.39, 0.29) is 23.5 Å². The van der Waals surface area contributed by atoms with Gasteiger partial charge < -0.3 is 24.6 Å². The van der Waals surface area contributed by atoms with Crippen LogP contribution in [0.5, 0.6) is 17.2 Å². The van der Waals surface area contributed by atoms with E-state index >= 15 is 0 Å². The molecule has 0 saturated carbocycles. The number of ether oxygens (including phenoxy) is 2. The number of phenols is 2. The third kappa shape index (κ3) is 4.21. The molecule has 0 aliphatic carbocycles. The highest BCUT2D eigenvalue weighted by molar-refractivity contribution is 6.00. The van der Waals surface area contributed by atoms with Crippen molar-refractivity contribution in [3.63, 3.8) is 0 Å². The first kappa shape index (κ1) is 23.6. The maximum absolute atomic E-state index is 13.5. The molecule has 2 aromatic carbocycles. The molecule has 1 amide bonds. The van der Waals surface area contributed by atoms with Crippen molar-refractivity contribution < 1.29 is 24.5 Å². The summed E-state index contributed by atoms with van der Waals surface area (Å²) in [5.74, 6) is 0.290. The fraction of sp³-hybridized carbons (Fsp3) is 0.385. The van der Waals surface area contributed by atoms with Gasteiger partial charge in [0.05, 0.1) is 19.3 Å². The van der Waals surface area contributed by atoms with Gasteiger partial charge in [-0.25, -0.2) is 0 Å². The summed E-state index contributed by atoms with van der Waals surface area (Å²) in [5.41, 5.74) is 4.81. The first-order valence-corrected chi connectivity index (χ1v) is 11.4. The summed E-state index contributed by atoms with van der Waals surface area (Å²) in [7, 11) is 1.49. The number of aromatic hydroxyl groups is 2. The van der Waals surface area contributed by atoms with Gasteiger partial charge >= 0.3 is 0 Å². The number of carbonyl (C=O) groups excluding carboxylic acids is 1. The number of fused-ring (bicyclic) bond motifs is 1. The minimum Gasteiger partial charge on any atom is -0.507 e. The Bertz CT molecular complexity index is 1190. The molecule has 1 aliphatic heterocycles. The van der Waals surface area contributed by atoms with Crippen LogP contribution in [-0.4, -0.2) is 57.6 Å². The summed E-state index contributed by atoms with van der Waals surface area (Å²) in [5, 5.41) is 28.3. The number of hydrogen-bond donors (Lipinski definition) is 3. The van der Waals surface area contributed by atoms with Gasteiger partial charge in [-0.3, -0.25) is 9.89 Å². The predicted octanol–water partition coefficient (Wildman–Crippen LogP) is 4.47. The molecular formula is C26H31N3O5. The maximum atomic E-state index is 13.5. The van der Waals surface area contributed by atoms with Gasteiger partial charge in [0, 0.05) is 24.3 Å². The molecule has 1 unspecified atom stereocenters. The minimum atomic E-state index is -0.468. The molecule has 0 fully saturated rings. The molecule has 0 saturated heterocycles. The number of rotatable bonds is 8. The third-order valence-electron chi connectivity index (χ3n) is 6.07. The molecule has 0 spiro atoms. The largest absolute Gasteiger partial charge is 0.507 e. The lowest BCUT2D eigenvalue weighted by molar-refractivity contribution is 0.0601. The van der Waals surface area contributed by atoms with Gasteiger partial charge in [-0.1, -0.05) is 12.1 Å². The van der Waals surface area contributed by atoms with E-state index in [0.717, 1.165) is 16.7 Å². The first-order valence-electron chi connectivity index (χ1n) is 11.4. The molecule has 1 aromatic heterocycles. The number of aryl methyl sites for hydroxylation is 2. The zero-order valence-electron chi connectivity index (χ0n) is 20.2. The second-order valence-corrected chi connectivity index (χ2v) is 8.94. The standard InChI is InChI=1S/C26H31N3O5/c1-14(2)34-10-6-9-29-25(17-7-8-18(30)20(13-17)33-5)22-23(27-28-24(22)26(29)32)21-16(4)11-15(3)12-19(21)31/h7-8,11-14,25,30-31H,6,9-10H2,1-5H3,(H,27,28). The second-order valence-electron chi connectivity index (χ2n) is 8.94. The van der Waals surface area contributed by atoms with Crippen molar-refractivity contribution in [1.82, 2.24) is 15.1 Å². The lowest BCUT2D eigenvalue weighted by Gasteiger charge is -2.27. The van der Waals surface area contributed by atoms with Crippen molar-refractivity contribution in [3.8, 4) is 28.5 Å². The van der Waals surface area contributed by atoms with Gasteiger partial charge in [0.1, 0.15) is 17.1 Å². The van der Waals surface area contributed by atoms with E-state index in [1.165, 1.54) is 7.11 Å². The van der Waals surface area contributed by atoms with Crippen molar-refractivity contribution in [1.29, 1.82) is 0 Å². The summed E-state index contributed by atoms with van der Waals surface area (Å²) in [6.07, 6.45) is 0.778. The first-order chi connectivity index (χ1) is 16.2. The van der Waals surface area contributed by atoms with Crippen molar-refractivity contribution in [2.45, 2.75) is 46.3 Å². The van der Waals surface area contributed by atoms with Gasteiger partial charge in [0.2, 0.25) is 0 Å². The third-order valence-corrected chi connectivity index (χ3v) is 6.07. The van der Waals surface area contributed by atoms with Crippen LogP contribution in [-0.2, 0) is 4.74 Å². The zero-order chi connectivity index (χ0) is 24.6. The number of amides is 1. The number of benzene rings is 2. The SMILES string of the molecule is COc1cc(C2c3c(-c4c(C)cc(C)cc4O)n[nH]c3C(=O)N2CCCOC(C)C)ccc1O. The zero-order valence-corrected chi connectivity index (χ0v) is 20.2. The molecule has 3 aromatic rings. The predicted molar refractivity (Wildman–Crippen MR) is 128 cm³/mol. The Morgan fingerprint density at radius 2 is 1.91 bits per heavy atom. The number of H-pyrrole nitrogens is 1. The highest BCUT2D eigenvalue weighted by atomic mass is 16.5. The van der Waals surface area contributed by atoms with Crippen LogP contribution in [0.4, 0.5) is 0 Å². The molecule has 1 aliphatic rings. The molecule has 8 nitrogen and oxygen atoms in total. The van der Waals surface area contributed by atoms with Crippen LogP contribution in [0.25, 0.3) is 11.3 Å². The Morgan fingerprint density at radius 1 is 1.15 bits per heavy atom. The lowest BCUT2D eigenvalue weighted by atomic mass is 9.93. The molecule has 4 rings (SSSR count). The van der Waals surface area contributed by atoms with Crippen molar-refractivity contribution in [2.24, 2.45) is 0 Å². The molecule has 2 heterocycles. The van der Waals surface area contributed by atoms with Gasteiger partial charge in [0.25, 0.3) is 5.91 Å². The molecule has 1 atom stereocenters. The average Bonchev–Trinajstić information content (AvgIpc) is 3.30. The fourth-order valence-corrected chi connectivity index (χ4v) is 4.64. The van der Waals surface area contributed by atoms with E-state index < -0.39 is 6.04 Å². The van der Waals surface area contributed by atoms with Crippen molar-refractivity contribution in [3.05, 3.63) is 58.3 Å². The van der Waals surface area contributed by atoms with Crippen LogP contribution < -0.4 is 4.74 Å². The highest BCUT2D eigenvalue weighted by Crippen LogP contribution is 2.46. The van der Waals surface area contributed by atoms with E-state index in [4.69, 9.17) is 9.47 Å². The Balaban J connectivity index is 1.83. The minimum absolute atomic E-state index is 0.0205. The van der Waals surface area contributed by atoms with E-state index in [1.54, 1.807) is 29.2 Å². The van der Waals surface area contributed by atoms with Crippen LogP contribution >= 0.6 is 0 Å². The van der Waals surface area contributed by atoms with Crippen LogP contribution in [0, 0.1) is 13.8 Å². The van der Waals surface area contributed by atoms with Crippen LogP contribution in [0.1, 0.15) is 59.1 Å². The van der Waals surface area contributed by atoms with Gasteiger partial charge in [-0.05, 0) is 69.0 Å². The van der Waals surface area contributed by atoms with Gasteiger partial charge in [-0.2, -0.15) is 5.10 Å². The summed E-state index contributed by atoms with van der Waals surface area (Å²) in [4.78, 5) is 15.2. The number of phenolic OH excluding ortho intramolecular Hbond substituents is 2. The van der Waals surface area contributed by atoms with E-state index in [2.05, 4.69) is 10.2 Å². The average molecular weight is 466 g/mol. The number of nitrogens with zero attached hydrogens (tertiary/aromatic N) is 2. The number of aromatic amines is 1. The number of carbonyl (C=O) groups is 1. The van der Waals surface area contributed by atoms with Crippen molar-refractivity contribution >= 4 is 5.91 Å². The Hall–Kier alpha value is -3.52. The van der Waals surface area contributed by atoms with Crippen LogP contribution in [0.2, 0.25) is 0 Å². The molecule has 0 radical (unpaired) electrons. The molecular weight excluding hydrogens is 434 g/mol. The molecule has 8 heteroatoms. The number of nitrogens with one attached hydrogen (secondary N) is 1. The van der Waals surface area contributed by atoms with E-state index in [0.29, 0.717) is 47.8 Å². The molecule has 0 bridgehead atoms. The second kappa shape index (κ2) is 9.38. The smallest absolute Gasteiger partial charge is 0.273 e. The highest BCUT2D eigenvalue weighted by Gasteiger charge is 2.42. The topological polar surface area (TPSA) is 108 Å². The maximum Gasteiger partial charge on any atom is 0.273 e. The fourth-order valence-electron chi connectivity index (χ4n) is 4.64. The summed E-state index contributed by atoms with van der Waals surface area (Å²) in [6, 6.07) is 8.28. The Labute approximate surface area is 199 Å². The van der Waals surface area contributed by atoms with Crippen LogP contribution in [0.3, 0.4) is 0 Å². The molecule has 3 N–H and O–H groups in total. The Kier molecular flexibility index (Phi) is 6.52.